The quantitative estimate of drug-likeness (QED) is 0.688. The van der Waals surface area contributed by atoms with Crippen molar-refractivity contribution in [1.82, 2.24) is 0 Å². The molecule has 0 saturated heterocycles. The lowest BCUT2D eigenvalue weighted by molar-refractivity contribution is 0.0970. The molecule has 1 atom stereocenters. The van der Waals surface area contributed by atoms with Gasteiger partial charge in [0.2, 0.25) is 0 Å². The normalized spacial score (nSPS) is 16.6. The van der Waals surface area contributed by atoms with Crippen LogP contribution in [0.3, 0.4) is 0 Å². The van der Waals surface area contributed by atoms with Crippen molar-refractivity contribution in [2.24, 2.45) is 0 Å². The molecular weight excluding hydrogens is 302 g/mol. The zero-order chi connectivity index (χ0) is 13.4. The van der Waals surface area contributed by atoms with Crippen LogP contribution in [0.15, 0.2) is 46.9 Å². The summed E-state index contributed by atoms with van der Waals surface area (Å²) in [4.78, 5) is 12.3. The number of halogens is 1. The average Bonchev–Trinajstić information content (AvgIpc) is 2.38. The Morgan fingerprint density at radius 3 is 2.84 bits per heavy atom. The van der Waals surface area contributed by atoms with E-state index in [9.17, 15) is 4.79 Å². The van der Waals surface area contributed by atoms with Gasteiger partial charge in [-0.2, -0.15) is 0 Å². The molecule has 0 aromatic heterocycles. The Bertz CT molecular complexity index is 651. The molecule has 2 N–H and O–H groups in total. The molecule has 0 aliphatic heterocycles. The molecule has 19 heavy (non-hydrogen) atoms. The minimum Gasteiger partial charge on any atom is -0.399 e. The lowest BCUT2D eigenvalue weighted by Gasteiger charge is -2.29. The van der Waals surface area contributed by atoms with Crippen molar-refractivity contribution < 1.29 is 4.79 Å². The third-order valence-electron chi connectivity index (χ3n) is 3.68. The summed E-state index contributed by atoms with van der Waals surface area (Å²) in [5, 5.41) is 0. The number of ketones is 1. The highest BCUT2D eigenvalue weighted by molar-refractivity contribution is 9.10. The average molecular weight is 316 g/mol. The number of benzene rings is 2. The van der Waals surface area contributed by atoms with Crippen LogP contribution < -0.4 is 5.73 Å². The van der Waals surface area contributed by atoms with Crippen molar-refractivity contribution in [1.29, 1.82) is 0 Å². The Morgan fingerprint density at radius 1 is 1.26 bits per heavy atom. The fourth-order valence-electron chi connectivity index (χ4n) is 2.64. The molecule has 0 heterocycles. The number of Topliss-reactive ketones (excluding diaryl/α,β-unsaturated/α-hetero) is 1. The molecule has 96 valence electrons. The topological polar surface area (TPSA) is 43.1 Å². The molecule has 1 aliphatic rings. The monoisotopic (exact) mass is 315 g/mol. The molecule has 0 saturated carbocycles. The minimum absolute atomic E-state index is 0.152. The molecule has 1 unspecified atom stereocenters. The van der Waals surface area contributed by atoms with E-state index in [-0.39, 0.29) is 5.78 Å². The zero-order valence-corrected chi connectivity index (χ0v) is 12.0. The number of hydrogen-bond acceptors (Lipinski definition) is 2. The molecule has 3 rings (SSSR count). The van der Waals surface area contributed by atoms with Crippen LogP contribution in [-0.4, -0.2) is 5.78 Å². The fourth-order valence-corrected chi connectivity index (χ4v) is 3.10. The van der Waals surface area contributed by atoms with Crippen LogP contribution >= 0.6 is 15.9 Å². The van der Waals surface area contributed by atoms with Crippen LogP contribution in [0, 0.1) is 0 Å². The Kier molecular flexibility index (Phi) is 3.15. The number of nitrogens with two attached hydrogens (primary N) is 1. The lowest BCUT2D eigenvalue weighted by atomic mass is 9.74. The van der Waals surface area contributed by atoms with E-state index in [4.69, 9.17) is 5.73 Å². The fraction of sp³-hybridized carbons (Fsp3) is 0.188. The third-order valence-corrected chi connectivity index (χ3v) is 4.38. The molecule has 1 aliphatic carbocycles. The highest BCUT2D eigenvalue weighted by Gasteiger charge is 2.28. The molecule has 0 bridgehead atoms. The van der Waals surface area contributed by atoms with Gasteiger partial charge in [0.05, 0.1) is 0 Å². The number of anilines is 1. The van der Waals surface area contributed by atoms with Crippen LogP contribution in [0.4, 0.5) is 5.69 Å². The van der Waals surface area contributed by atoms with Crippen molar-refractivity contribution in [3.8, 4) is 0 Å². The lowest BCUT2D eigenvalue weighted by Crippen LogP contribution is -2.20. The van der Waals surface area contributed by atoms with Crippen molar-refractivity contribution >= 4 is 27.4 Å². The van der Waals surface area contributed by atoms with E-state index in [1.54, 1.807) is 12.1 Å². The van der Waals surface area contributed by atoms with E-state index >= 15 is 0 Å². The molecule has 0 spiro atoms. The molecular formula is C16H14BrNO. The van der Waals surface area contributed by atoms with Crippen molar-refractivity contribution in [3.63, 3.8) is 0 Å². The summed E-state index contributed by atoms with van der Waals surface area (Å²) in [7, 11) is 0. The standard InChI is InChI=1S/C16H14BrNO/c17-15-6-5-12(18)9-14(15)16(19)8-11-7-10-3-1-2-4-13(10)11/h1-6,9,11H,7-8,18H2. The summed E-state index contributed by atoms with van der Waals surface area (Å²) in [5.41, 5.74) is 9.74. The highest BCUT2D eigenvalue weighted by Crippen LogP contribution is 2.38. The number of carbonyl (C=O) groups excluding carboxylic acids is 1. The van der Waals surface area contributed by atoms with Crippen LogP contribution in [0.2, 0.25) is 0 Å². The summed E-state index contributed by atoms with van der Waals surface area (Å²) < 4.78 is 0.819. The number of nitrogen functional groups attached to an aromatic ring is 1. The first-order valence-electron chi connectivity index (χ1n) is 6.31. The van der Waals surface area contributed by atoms with E-state index in [0.29, 0.717) is 23.6 Å². The first kappa shape index (κ1) is 12.4. The number of rotatable bonds is 3. The predicted octanol–water partition coefficient (Wildman–Crippen LogP) is 3.94. The van der Waals surface area contributed by atoms with Gasteiger partial charge in [0.1, 0.15) is 0 Å². The van der Waals surface area contributed by atoms with Gasteiger partial charge in [-0.05, 0) is 41.7 Å². The smallest absolute Gasteiger partial charge is 0.164 e. The van der Waals surface area contributed by atoms with Crippen molar-refractivity contribution in [2.75, 3.05) is 5.73 Å². The minimum atomic E-state index is 0.152. The van der Waals surface area contributed by atoms with E-state index in [0.717, 1.165) is 10.9 Å². The van der Waals surface area contributed by atoms with Gasteiger partial charge in [-0.25, -0.2) is 0 Å². The van der Waals surface area contributed by atoms with Crippen molar-refractivity contribution in [2.45, 2.75) is 18.8 Å². The Labute approximate surface area is 120 Å². The molecule has 2 nitrogen and oxygen atoms in total. The number of carbonyl (C=O) groups is 1. The van der Waals surface area contributed by atoms with Gasteiger partial charge in [0.15, 0.2) is 5.78 Å². The summed E-state index contributed by atoms with van der Waals surface area (Å²) >= 11 is 3.42. The summed E-state index contributed by atoms with van der Waals surface area (Å²) in [5.74, 6) is 0.510. The van der Waals surface area contributed by atoms with Gasteiger partial charge in [-0.3, -0.25) is 4.79 Å². The van der Waals surface area contributed by atoms with Crippen LogP contribution in [0.25, 0.3) is 0 Å². The third kappa shape index (κ3) is 2.30. The van der Waals surface area contributed by atoms with E-state index in [1.165, 1.54) is 11.1 Å². The van der Waals surface area contributed by atoms with Crippen LogP contribution in [-0.2, 0) is 6.42 Å². The maximum atomic E-state index is 12.3. The van der Waals surface area contributed by atoms with Crippen LogP contribution in [0.1, 0.15) is 33.8 Å². The van der Waals surface area contributed by atoms with E-state index in [1.807, 2.05) is 18.2 Å². The second kappa shape index (κ2) is 4.82. The molecule has 2 aromatic rings. The number of hydrogen-bond donors (Lipinski definition) is 1. The predicted molar refractivity (Wildman–Crippen MR) is 80.4 cm³/mol. The molecule has 0 radical (unpaired) electrons. The Balaban J connectivity index is 1.79. The second-order valence-electron chi connectivity index (χ2n) is 4.97. The maximum absolute atomic E-state index is 12.3. The summed E-state index contributed by atoms with van der Waals surface area (Å²) in [6.07, 6.45) is 1.56. The zero-order valence-electron chi connectivity index (χ0n) is 10.4. The van der Waals surface area contributed by atoms with Gasteiger partial charge >= 0.3 is 0 Å². The van der Waals surface area contributed by atoms with Gasteiger partial charge in [0.25, 0.3) is 0 Å². The largest absolute Gasteiger partial charge is 0.399 e. The van der Waals surface area contributed by atoms with Crippen molar-refractivity contribution in [3.05, 3.63) is 63.6 Å². The highest BCUT2D eigenvalue weighted by atomic mass is 79.9. The van der Waals surface area contributed by atoms with E-state index in [2.05, 4.69) is 28.1 Å². The number of fused-ring (bicyclic) bond motifs is 1. The first-order valence-corrected chi connectivity index (χ1v) is 7.10. The molecule has 0 amide bonds. The Hall–Kier alpha value is -1.61. The maximum Gasteiger partial charge on any atom is 0.164 e. The first-order chi connectivity index (χ1) is 9.15. The molecule has 2 aromatic carbocycles. The van der Waals surface area contributed by atoms with Gasteiger partial charge in [-0.15, -0.1) is 0 Å². The Morgan fingerprint density at radius 2 is 2.05 bits per heavy atom. The van der Waals surface area contributed by atoms with Crippen LogP contribution in [0.5, 0.6) is 0 Å². The summed E-state index contributed by atoms with van der Waals surface area (Å²) in [6.45, 7) is 0. The van der Waals surface area contributed by atoms with Gasteiger partial charge in [-0.1, -0.05) is 40.2 Å². The van der Waals surface area contributed by atoms with Gasteiger partial charge < -0.3 is 5.73 Å². The SMILES string of the molecule is Nc1ccc(Br)c(C(=O)CC2Cc3ccccc32)c1. The molecule has 3 heteroatoms. The van der Waals surface area contributed by atoms with Gasteiger partial charge in [0, 0.05) is 22.1 Å². The molecule has 0 fully saturated rings. The summed E-state index contributed by atoms with van der Waals surface area (Å²) in [6, 6.07) is 13.7. The van der Waals surface area contributed by atoms with E-state index < -0.39 is 0 Å². The second-order valence-corrected chi connectivity index (χ2v) is 5.82.